The van der Waals surface area contributed by atoms with Gasteiger partial charge in [-0.3, -0.25) is 0 Å². The Morgan fingerprint density at radius 3 is 2.00 bits per heavy atom. The molecule has 1 aromatic heterocycles. The van der Waals surface area contributed by atoms with Gasteiger partial charge in [-0.1, -0.05) is 26.0 Å². The van der Waals surface area contributed by atoms with Crippen molar-refractivity contribution in [2.45, 2.75) is 40.5 Å². The van der Waals surface area contributed by atoms with Gasteiger partial charge in [0.05, 0.1) is 11.4 Å². The largest absolute Gasteiger partial charge is 0.238 e. The van der Waals surface area contributed by atoms with Crippen LogP contribution in [0.3, 0.4) is 0 Å². The van der Waals surface area contributed by atoms with Gasteiger partial charge in [0, 0.05) is 5.69 Å². The molecule has 0 aliphatic heterocycles. The Balaban J connectivity index is 2.43. The summed E-state index contributed by atoms with van der Waals surface area (Å²) >= 11 is 0. The van der Waals surface area contributed by atoms with Gasteiger partial charge in [0.15, 0.2) is 0 Å². The van der Waals surface area contributed by atoms with Crippen LogP contribution in [0.5, 0.6) is 0 Å². The van der Waals surface area contributed by atoms with E-state index in [0.717, 1.165) is 11.4 Å². The molecule has 2 rings (SSSR count). The van der Waals surface area contributed by atoms with Crippen molar-refractivity contribution in [3.05, 3.63) is 46.8 Å². The van der Waals surface area contributed by atoms with Gasteiger partial charge in [0.2, 0.25) is 0 Å². The van der Waals surface area contributed by atoms with E-state index in [1.807, 2.05) is 4.68 Å². The molecule has 0 bridgehead atoms. The fraction of sp³-hybridized carbons (Fsp3) is 0.400. The maximum atomic E-state index is 4.57. The standard InChI is InChI=1S/C15H20N2/c1-10(2)14-6-8-15(9-7-14)17-13(5)11(3)12(4)16-17/h6-10H,1-5H3. The van der Waals surface area contributed by atoms with Crippen molar-refractivity contribution in [3.8, 4) is 5.69 Å². The summed E-state index contributed by atoms with van der Waals surface area (Å²) in [5.41, 5.74) is 6.11. The lowest BCUT2D eigenvalue weighted by Gasteiger charge is -2.08. The van der Waals surface area contributed by atoms with E-state index >= 15 is 0 Å². The molecule has 0 unspecified atom stereocenters. The molecule has 1 aromatic carbocycles. The molecule has 90 valence electrons. The van der Waals surface area contributed by atoms with E-state index in [4.69, 9.17) is 0 Å². The fourth-order valence-electron chi connectivity index (χ4n) is 1.97. The molecule has 0 saturated heterocycles. The molecule has 0 N–H and O–H groups in total. The summed E-state index contributed by atoms with van der Waals surface area (Å²) in [4.78, 5) is 0. The summed E-state index contributed by atoms with van der Waals surface area (Å²) in [7, 11) is 0. The van der Waals surface area contributed by atoms with E-state index in [2.05, 4.69) is 64.0 Å². The van der Waals surface area contributed by atoms with Crippen molar-refractivity contribution in [2.75, 3.05) is 0 Å². The summed E-state index contributed by atoms with van der Waals surface area (Å²) in [6.07, 6.45) is 0. The fourth-order valence-corrected chi connectivity index (χ4v) is 1.97. The predicted molar refractivity (Wildman–Crippen MR) is 71.9 cm³/mol. The number of aryl methyl sites for hydroxylation is 1. The van der Waals surface area contributed by atoms with Gasteiger partial charge in [-0.05, 0) is 49.9 Å². The van der Waals surface area contributed by atoms with Crippen LogP contribution < -0.4 is 0 Å². The lowest BCUT2D eigenvalue weighted by molar-refractivity contribution is 0.826. The first-order chi connectivity index (χ1) is 8.00. The molecule has 0 atom stereocenters. The smallest absolute Gasteiger partial charge is 0.0649 e. The van der Waals surface area contributed by atoms with Gasteiger partial charge < -0.3 is 0 Å². The topological polar surface area (TPSA) is 17.8 Å². The van der Waals surface area contributed by atoms with Crippen LogP contribution in [0.15, 0.2) is 24.3 Å². The van der Waals surface area contributed by atoms with Crippen LogP contribution in [-0.2, 0) is 0 Å². The van der Waals surface area contributed by atoms with Gasteiger partial charge in [0.25, 0.3) is 0 Å². The van der Waals surface area contributed by atoms with Crippen LogP contribution in [0, 0.1) is 20.8 Å². The third kappa shape index (κ3) is 2.12. The predicted octanol–water partition coefficient (Wildman–Crippen LogP) is 3.92. The second-order valence-electron chi connectivity index (χ2n) is 4.95. The second-order valence-corrected chi connectivity index (χ2v) is 4.95. The third-order valence-electron chi connectivity index (χ3n) is 3.46. The average Bonchev–Trinajstić information content (AvgIpc) is 2.57. The van der Waals surface area contributed by atoms with Gasteiger partial charge >= 0.3 is 0 Å². The van der Waals surface area contributed by atoms with Crippen molar-refractivity contribution in [3.63, 3.8) is 0 Å². The molecule has 2 heteroatoms. The highest BCUT2D eigenvalue weighted by Crippen LogP contribution is 2.19. The van der Waals surface area contributed by atoms with E-state index in [-0.39, 0.29) is 0 Å². The summed E-state index contributed by atoms with van der Waals surface area (Å²) in [5.74, 6) is 0.575. The zero-order valence-corrected chi connectivity index (χ0v) is 11.3. The number of benzene rings is 1. The van der Waals surface area contributed by atoms with E-state index < -0.39 is 0 Å². The van der Waals surface area contributed by atoms with Crippen molar-refractivity contribution < 1.29 is 0 Å². The molecule has 0 saturated carbocycles. The molecule has 0 aliphatic rings. The highest BCUT2D eigenvalue weighted by atomic mass is 15.3. The highest BCUT2D eigenvalue weighted by Gasteiger charge is 2.08. The zero-order chi connectivity index (χ0) is 12.6. The normalized spacial score (nSPS) is 11.2. The SMILES string of the molecule is Cc1nn(-c2ccc(C(C)C)cc2)c(C)c1C. The monoisotopic (exact) mass is 228 g/mol. The Morgan fingerprint density at radius 1 is 1.00 bits per heavy atom. The number of hydrogen-bond acceptors (Lipinski definition) is 1. The van der Waals surface area contributed by atoms with Crippen LogP contribution in [0.4, 0.5) is 0 Å². The molecule has 0 spiro atoms. The van der Waals surface area contributed by atoms with Crippen LogP contribution in [0.1, 0.15) is 42.3 Å². The highest BCUT2D eigenvalue weighted by molar-refractivity contribution is 5.38. The van der Waals surface area contributed by atoms with Gasteiger partial charge in [-0.15, -0.1) is 0 Å². The Labute approximate surface area is 103 Å². The Bertz CT molecular complexity index is 519. The number of nitrogens with zero attached hydrogens (tertiary/aromatic N) is 2. The van der Waals surface area contributed by atoms with E-state index in [9.17, 15) is 0 Å². The van der Waals surface area contributed by atoms with E-state index in [1.54, 1.807) is 0 Å². The lowest BCUT2D eigenvalue weighted by atomic mass is 10.0. The van der Waals surface area contributed by atoms with Crippen LogP contribution >= 0.6 is 0 Å². The van der Waals surface area contributed by atoms with Crippen LogP contribution in [0.25, 0.3) is 5.69 Å². The van der Waals surface area contributed by atoms with E-state index in [0.29, 0.717) is 5.92 Å². The maximum Gasteiger partial charge on any atom is 0.0649 e. The maximum absolute atomic E-state index is 4.57. The van der Waals surface area contributed by atoms with Gasteiger partial charge in [0.1, 0.15) is 0 Å². The Hall–Kier alpha value is -1.57. The third-order valence-corrected chi connectivity index (χ3v) is 3.46. The lowest BCUT2D eigenvalue weighted by Crippen LogP contribution is -1.99. The van der Waals surface area contributed by atoms with Gasteiger partial charge in [-0.2, -0.15) is 5.10 Å². The molecule has 2 nitrogen and oxygen atoms in total. The molecule has 1 heterocycles. The summed E-state index contributed by atoms with van der Waals surface area (Å²) in [6.45, 7) is 10.7. The zero-order valence-electron chi connectivity index (χ0n) is 11.3. The van der Waals surface area contributed by atoms with Crippen LogP contribution in [-0.4, -0.2) is 9.78 Å². The molecule has 0 aliphatic carbocycles. The van der Waals surface area contributed by atoms with Crippen molar-refractivity contribution in [1.29, 1.82) is 0 Å². The summed E-state index contributed by atoms with van der Waals surface area (Å²) < 4.78 is 2.02. The molecule has 17 heavy (non-hydrogen) atoms. The molecule has 0 radical (unpaired) electrons. The van der Waals surface area contributed by atoms with Crippen molar-refractivity contribution >= 4 is 0 Å². The minimum Gasteiger partial charge on any atom is -0.238 e. The summed E-state index contributed by atoms with van der Waals surface area (Å²) in [5, 5.41) is 4.57. The number of aromatic nitrogens is 2. The second kappa shape index (κ2) is 4.36. The molecule has 0 amide bonds. The van der Waals surface area contributed by atoms with E-state index in [1.165, 1.54) is 16.8 Å². The van der Waals surface area contributed by atoms with Gasteiger partial charge in [-0.25, -0.2) is 4.68 Å². The molecule has 2 aromatic rings. The molecular formula is C15H20N2. The van der Waals surface area contributed by atoms with Crippen LogP contribution in [0.2, 0.25) is 0 Å². The minimum atomic E-state index is 0.575. The Kier molecular flexibility index (Phi) is 3.05. The molecular weight excluding hydrogens is 208 g/mol. The average molecular weight is 228 g/mol. The first kappa shape index (κ1) is 11.9. The number of rotatable bonds is 2. The quantitative estimate of drug-likeness (QED) is 0.761. The summed E-state index contributed by atoms with van der Waals surface area (Å²) in [6, 6.07) is 8.67. The first-order valence-electron chi connectivity index (χ1n) is 6.14. The van der Waals surface area contributed by atoms with Crippen molar-refractivity contribution in [1.82, 2.24) is 9.78 Å². The Morgan fingerprint density at radius 2 is 1.59 bits per heavy atom. The number of hydrogen-bond donors (Lipinski definition) is 0. The molecule has 0 fully saturated rings. The minimum absolute atomic E-state index is 0.575. The van der Waals surface area contributed by atoms with Crippen molar-refractivity contribution in [2.24, 2.45) is 0 Å². The first-order valence-corrected chi connectivity index (χ1v) is 6.14.